The lowest BCUT2D eigenvalue weighted by molar-refractivity contribution is 0.0242. The van der Waals surface area contributed by atoms with Crippen LogP contribution in [0.2, 0.25) is 0 Å². The van der Waals surface area contributed by atoms with Crippen molar-refractivity contribution in [2.45, 2.75) is 26.2 Å². The number of benzene rings is 1. The Morgan fingerprint density at radius 1 is 1.21 bits per heavy atom. The van der Waals surface area contributed by atoms with Crippen molar-refractivity contribution in [1.29, 1.82) is 0 Å². The molecule has 2 aliphatic heterocycles. The third kappa shape index (κ3) is 4.08. The van der Waals surface area contributed by atoms with Gasteiger partial charge < -0.3 is 14.7 Å². The topological polar surface area (TPSA) is 53.0 Å². The smallest absolute Gasteiger partial charge is 0.257 e. The van der Waals surface area contributed by atoms with E-state index in [4.69, 9.17) is 4.74 Å². The van der Waals surface area contributed by atoms with Crippen molar-refractivity contribution in [2.24, 2.45) is 5.92 Å². The fourth-order valence-corrected chi connectivity index (χ4v) is 3.61. The number of carbonyl (C=O) groups is 1. The van der Waals surface area contributed by atoms with Crippen LogP contribution in [0.3, 0.4) is 0 Å². The molecule has 2 aliphatic rings. The molecule has 0 saturated carbocycles. The van der Waals surface area contributed by atoms with Crippen LogP contribution in [0.4, 0.5) is 0 Å². The van der Waals surface area contributed by atoms with Gasteiger partial charge in [-0.15, -0.1) is 0 Å². The van der Waals surface area contributed by atoms with E-state index in [-0.39, 0.29) is 11.7 Å². The van der Waals surface area contributed by atoms with Crippen LogP contribution in [0.5, 0.6) is 5.75 Å². The van der Waals surface area contributed by atoms with Crippen LogP contribution < -0.4 is 0 Å². The highest BCUT2D eigenvalue weighted by Gasteiger charge is 2.26. The Bertz CT molecular complexity index is 562. The first-order valence-electron chi connectivity index (χ1n) is 9.08. The molecule has 0 bridgehead atoms. The molecule has 1 amide bonds. The first-order chi connectivity index (χ1) is 11.7. The van der Waals surface area contributed by atoms with Crippen LogP contribution in [0.15, 0.2) is 18.2 Å². The zero-order valence-corrected chi connectivity index (χ0v) is 14.5. The number of amides is 1. The quantitative estimate of drug-likeness (QED) is 0.918. The third-order valence-electron chi connectivity index (χ3n) is 5.22. The molecule has 0 atom stereocenters. The predicted molar refractivity (Wildman–Crippen MR) is 93.4 cm³/mol. The summed E-state index contributed by atoms with van der Waals surface area (Å²) >= 11 is 0. The predicted octanol–water partition coefficient (Wildman–Crippen LogP) is 2.14. The lowest BCUT2D eigenvalue weighted by Gasteiger charge is -2.36. The van der Waals surface area contributed by atoms with Gasteiger partial charge >= 0.3 is 0 Å². The fourth-order valence-electron chi connectivity index (χ4n) is 3.61. The average Bonchev–Trinajstić information content (AvgIpc) is 2.63. The van der Waals surface area contributed by atoms with E-state index in [0.717, 1.165) is 70.8 Å². The number of aromatic hydroxyl groups is 1. The second-order valence-corrected chi connectivity index (χ2v) is 6.85. The van der Waals surface area contributed by atoms with Crippen molar-refractivity contribution >= 4 is 5.91 Å². The van der Waals surface area contributed by atoms with Crippen LogP contribution in [0.1, 0.15) is 35.7 Å². The van der Waals surface area contributed by atoms with Gasteiger partial charge in [-0.1, -0.05) is 13.0 Å². The Labute approximate surface area is 144 Å². The average molecular weight is 332 g/mol. The van der Waals surface area contributed by atoms with Crippen molar-refractivity contribution in [3.8, 4) is 5.75 Å². The number of ether oxygens (including phenoxy) is 1. The number of aryl methyl sites for hydroxylation is 1. The van der Waals surface area contributed by atoms with Gasteiger partial charge in [0.05, 0.1) is 18.8 Å². The highest BCUT2D eigenvalue weighted by Crippen LogP contribution is 2.25. The summed E-state index contributed by atoms with van der Waals surface area (Å²) in [5, 5.41) is 10.0. The summed E-state index contributed by atoms with van der Waals surface area (Å²) in [4.78, 5) is 17.1. The molecule has 132 valence electrons. The van der Waals surface area contributed by atoms with Crippen molar-refractivity contribution in [1.82, 2.24) is 9.80 Å². The molecule has 5 nitrogen and oxygen atoms in total. The highest BCUT2D eigenvalue weighted by molar-refractivity contribution is 5.97. The lowest BCUT2D eigenvalue weighted by Crippen LogP contribution is -2.44. The monoisotopic (exact) mass is 332 g/mol. The normalized spacial score (nSPS) is 20.3. The van der Waals surface area contributed by atoms with Gasteiger partial charge in [0.1, 0.15) is 5.75 Å². The van der Waals surface area contributed by atoms with E-state index in [0.29, 0.717) is 11.5 Å². The maximum atomic E-state index is 12.7. The molecular weight excluding hydrogens is 304 g/mol. The maximum absolute atomic E-state index is 12.7. The minimum Gasteiger partial charge on any atom is -0.507 e. The van der Waals surface area contributed by atoms with E-state index in [2.05, 4.69) is 11.8 Å². The number of hydrogen-bond acceptors (Lipinski definition) is 4. The van der Waals surface area contributed by atoms with Gasteiger partial charge in [-0.25, -0.2) is 0 Å². The highest BCUT2D eigenvalue weighted by atomic mass is 16.5. The van der Waals surface area contributed by atoms with Crippen molar-refractivity contribution < 1.29 is 14.6 Å². The van der Waals surface area contributed by atoms with Gasteiger partial charge in [0.2, 0.25) is 0 Å². The lowest BCUT2D eigenvalue weighted by atomic mass is 9.95. The molecule has 1 aromatic rings. The Kier molecular flexibility index (Phi) is 5.74. The van der Waals surface area contributed by atoms with E-state index < -0.39 is 0 Å². The van der Waals surface area contributed by atoms with Gasteiger partial charge in [-0.2, -0.15) is 0 Å². The van der Waals surface area contributed by atoms with Crippen molar-refractivity contribution in [3.63, 3.8) is 0 Å². The van der Waals surface area contributed by atoms with E-state index in [9.17, 15) is 9.90 Å². The molecule has 2 heterocycles. The van der Waals surface area contributed by atoms with E-state index in [1.165, 1.54) is 0 Å². The van der Waals surface area contributed by atoms with Gasteiger partial charge in [0.15, 0.2) is 0 Å². The van der Waals surface area contributed by atoms with Gasteiger partial charge in [-0.05, 0) is 42.9 Å². The van der Waals surface area contributed by atoms with Crippen LogP contribution in [0.25, 0.3) is 0 Å². The maximum Gasteiger partial charge on any atom is 0.257 e. The summed E-state index contributed by atoms with van der Waals surface area (Å²) in [6.45, 7) is 8.45. The first kappa shape index (κ1) is 17.2. The zero-order valence-electron chi connectivity index (χ0n) is 14.5. The Morgan fingerprint density at radius 2 is 1.92 bits per heavy atom. The number of carbonyl (C=O) groups excluding carboxylic acids is 1. The van der Waals surface area contributed by atoms with Crippen LogP contribution >= 0.6 is 0 Å². The number of likely N-dealkylation sites (tertiary alicyclic amines) is 1. The number of piperidine rings is 1. The number of nitrogens with zero attached hydrogens (tertiary/aromatic N) is 2. The summed E-state index contributed by atoms with van der Waals surface area (Å²) in [7, 11) is 0. The first-order valence-corrected chi connectivity index (χ1v) is 9.08. The second-order valence-electron chi connectivity index (χ2n) is 6.85. The minimum absolute atomic E-state index is 0.0346. The minimum atomic E-state index is -0.0346. The van der Waals surface area contributed by atoms with E-state index in [1.807, 2.05) is 17.0 Å². The molecule has 2 fully saturated rings. The SMILES string of the molecule is CCc1ccc(O)c(C(=O)N2CCC(CN3CCOCC3)CC2)c1. The summed E-state index contributed by atoms with van der Waals surface area (Å²) in [5.41, 5.74) is 1.53. The fraction of sp³-hybridized carbons (Fsp3) is 0.632. The Morgan fingerprint density at radius 3 is 2.58 bits per heavy atom. The Hall–Kier alpha value is -1.59. The number of phenols is 1. The van der Waals surface area contributed by atoms with Gasteiger partial charge in [-0.3, -0.25) is 9.69 Å². The van der Waals surface area contributed by atoms with Crippen LogP contribution in [-0.4, -0.2) is 66.8 Å². The molecule has 0 radical (unpaired) electrons. The molecule has 1 aromatic carbocycles. The zero-order chi connectivity index (χ0) is 16.9. The van der Waals surface area contributed by atoms with Crippen LogP contribution in [0, 0.1) is 5.92 Å². The molecule has 0 aliphatic carbocycles. The number of morpholine rings is 1. The molecule has 3 rings (SSSR count). The van der Waals surface area contributed by atoms with Crippen molar-refractivity contribution in [3.05, 3.63) is 29.3 Å². The third-order valence-corrected chi connectivity index (χ3v) is 5.22. The van der Waals surface area contributed by atoms with Gasteiger partial charge in [0.25, 0.3) is 5.91 Å². The number of hydrogen-bond donors (Lipinski definition) is 1. The summed E-state index contributed by atoms with van der Waals surface area (Å²) < 4.78 is 5.40. The van der Waals surface area contributed by atoms with Crippen LogP contribution in [-0.2, 0) is 11.2 Å². The largest absolute Gasteiger partial charge is 0.507 e. The molecule has 24 heavy (non-hydrogen) atoms. The summed E-state index contributed by atoms with van der Waals surface area (Å²) in [5.74, 6) is 0.711. The van der Waals surface area contributed by atoms with Gasteiger partial charge in [0, 0.05) is 32.7 Å². The molecule has 5 heteroatoms. The Balaban J connectivity index is 1.55. The van der Waals surface area contributed by atoms with E-state index in [1.54, 1.807) is 6.07 Å². The van der Waals surface area contributed by atoms with E-state index >= 15 is 0 Å². The molecule has 1 N–H and O–H groups in total. The molecule has 0 unspecified atom stereocenters. The molecule has 2 saturated heterocycles. The number of rotatable bonds is 4. The van der Waals surface area contributed by atoms with Crippen molar-refractivity contribution in [2.75, 3.05) is 45.9 Å². The summed E-state index contributed by atoms with van der Waals surface area (Å²) in [6, 6.07) is 5.34. The molecule has 0 spiro atoms. The summed E-state index contributed by atoms with van der Waals surface area (Å²) in [6.07, 6.45) is 2.94. The molecular formula is C19H28N2O3. The molecule has 0 aromatic heterocycles. The number of phenolic OH excluding ortho intramolecular Hbond substituents is 1. The standard InChI is InChI=1S/C19H28N2O3/c1-2-15-3-4-18(22)17(13-15)19(23)21-7-5-16(6-8-21)14-20-9-11-24-12-10-20/h3-4,13,16,22H,2,5-12,14H2,1H3. The second kappa shape index (κ2) is 7.99.